The zero-order chi connectivity index (χ0) is 20.0. The van der Waals surface area contributed by atoms with Crippen molar-refractivity contribution in [2.45, 2.75) is 26.7 Å². The fourth-order valence-electron chi connectivity index (χ4n) is 1.36. The van der Waals surface area contributed by atoms with Crippen molar-refractivity contribution in [3.63, 3.8) is 0 Å². The van der Waals surface area contributed by atoms with E-state index in [1.54, 1.807) is 12.1 Å². The van der Waals surface area contributed by atoms with Crippen molar-refractivity contribution in [1.82, 2.24) is 0 Å². The SMILES string of the molecule is [2H]C([2H])([2H])C(C(O)/C=C/c1ccc2c(c1)OCO2)(C([2H])([2H])[2H])C([2H])([2H])[2H]. The molecule has 0 saturated carbocycles. The van der Waals surface area contributed by atoms with Gasteiger partial charge in [-0.1, -0.05) is 38.8 Å². The zero-order valence-electron chi connectivity index (χ0n) is 17.9. The van der Waals surface area contributed by atoms with Crippen molar-refractivity contribution in [3.8, 4) is 11.5 Å². The molecule has 0 saturated heterocycles. The highest BCUT2D eigenvalue weighted by Gasteiger charge is 2.19. The zero-order valence-corrected chi connectivity index (χ0v) is 8.93. The Labute approximate surface area is 114 Å². The molecule has 0 aliphatic carbocycles. The molecule has 1 N–H and O–H groups in total. The van der Waals surface area contributed by atoms with Crippen molar-refractivity contribution in [1.29, 1.82) is 0 Å². The molecule has 2 rings (SSSR count). The number of ether oxygens (including phenoxy) is 2. The average molecular weight is 243 g/mol. The lowest BCUT2D eigenvalue weighted by Gasteiger charge is -2.22. The Bertz CT molecular complexity index is 652. The van der Waals surface area contributed by atoms with E-state index in [-0.39, 0.29) is 6.79 Å². The van der Waals surface area contributed by atoms with Gasteiger partial charge in [-0.15, -0.1) is 0 Å². The normalized spacial score (nSPS) is 26.5. The van der Waals surface area contributed by atoms with Crippen LogP contribution in [0.3, 0.4) is 0 Å². The summed E-state index contributed by atoms with van der Waals surface area (Å²) in [6, 6.07) is 4.69. The summed E-state index contributed by atoms with van der Waals surface area (Å²) in [6.07, 6.45) is -0.173. The minimum Gasteiger partial charge on any atom is -0.454 e. The van der Waals surface area contributed by atoms with Gasteiger partial charge in [0.2, 0.25) is 6.79 Å². The molecule has 0 amide bonds. The van der Waals surface area contributed by atoms with Crippen molar-refractivity contribution in [3.05, 3.63) is 29.8 Å². The van der Waals surface area contributed by atoms with Crippen molar-refractivity contribution in [2.24, 2.45) is 5.41 Å². The van der Waals surface area contributed by atoms with E-state index < -0.39 is 32.1 Å². The van der Waals surface area contributed by atoms with Gasteiger partial charge in [-0.05, 0) is 23.1 Å². The highest BCUT2D eigenvalue weighted by Crippen LogP contribution is 2.33. The van der Waals surface area contributed by atoms with Crippen LogP contribution in [-0.2, 0) is 0 Å². The first-order valence-corrected chi connectivity index (χ1v) is 4.98. The number of aliphatic hydroxyl groups excluding tert-OH is 1. The maximum absolute atomic E-state index is 10.4. The summed E-state index contributed by atoms with van der Waals surface area (Å²) in [7, 11) is 0. The third-order valence-corrected chi connectivity index (χ3v) is 2.31. The third kappa shape index (κ3) is 2.80. The standard InChI is InChI=1S/C14H18O3/c1-14(2,3)13(15)7-5-10-4-6-11-12(8-10)17-9-16-11/h4-8,13,15H,9H2,1-3H3/b7-5+/i1D3,2D3,3D3. The summed E-state index contributed by atoms with van der Waals surface area (Å²) in [6.45, 7) is -10.4. The van der Waals surface area contributed by atoms with E-state index >= 15 is 0 Å². The molecular formula is C14H18O3. The summed E-state index contributed by atoms with van der Waals surface area (Å²) in [5.41, 5.74) is -2.89. The molecular weight excluding hydrogens is 216 g/mol. The summed E-state index contributed by atoms with van der Waals surface area (Å²) in [5, 5.41) is 10.4. The van der Waals surface area contributed by atoms with Crippen LogP contribution >= 0.6 is 0 Å². The van der Waals surface area contributed by atoms with E-state index in [1.165, 1.54) is 12.1 Å². The predicted molar refractivity (Wildman–Crippen MR) is 67.1 cm³/mol. The molecule has 0 radical (unpaired) electrons. The van der Waals surface area contributed by atoms with Crippen LogP contribution in [0.1, 0.15) is 38.5 Å². The van der Waals surface area contributed by atoms with Gasteiger partial charge >= 0.3 is 0 Å². The van der Waals surface area contributed by atoms with E-state index in [4.69, 9.17) is 21.8 Å². The van der Waals surface area contributed by atoms with Gasteiger partial charge in [0.25, 0.3) is 0 Å². The summed E-state index contributed by atoms with van der Waals surface area (Å²) >= 11 is 0. The van der Waals surface area contributed by atoms with Crippen LogP contribution in [0.2, 0.25) is 0 Å². The highest BCUT2D eigenvalue weighted by molar-refractivity contribution is 5.56. The van der Waals surface area contributed by atoms with Gasteiger partial charge in [0.15, 0.2) is 11.5 Å². The smallest absolute Gasteiger partial charge is 0.231 e. The number of hydrogen-bond donors (Lipinski definition) is 1. The number of rotatable bonds is 2. The quantitative estimate of drug-likeness (QED) is 0.868. The summed E-state index contributed by atoms with van der Waals surface area (Å²) < 4.78 is 78.2. The lowest BCUT2D eigenvalue weighted by atomic mass is 9.89. The average Bonchev–Trinajstić information content (AvgIpc) is 2.88. The second-order valence-electron chi connectivity index (χ2n) is 3.72. The van der Waals surface area contributed by atoms with E-state index in [2.05, 4.69) is 0 Å². The molecule has 1 aromatic carbocycles. The van der Waals surface area contributed by atoms with E-state index in [1.807, 2.05) is 0 Å². The van der Waals surface area contributed by atoms with Crippen LogP contribution in [0, 0.1) is 5.41 Å². The van der Waals surface area contributed by atoms with Gasteiger partial charge in [-0.2, -0.15) is 0 Å². The first-order chi connectivity index (χ1) is 11.7. The molecule has 1 aromatic rings. The number of benzene rings is 1. The van der Waals surface area contributed by atoms with Crippen LogP contribution in [0.4, 0.5) is 0 Å². The molecule has 1 unspecified atom stereocenters. The first-order valence-electron chi connectivity index (χ1n) is 9.48. The molecule has 0 spiro atoms. The van der Waals surface area contributed by atoms with Gasteiger partial charge in [0.05, 0.1) is 6.10 Å². The third-order valence-electron chi connectivity index (χ3n) is 2.31. The fourth-order valence-corrected chi connectivity index (χ4v) is 1.36. The first kappa shape index (κ1) is 5.02. The molecule has 0 aromatic heterocycles. The second-order valence-corrected chi connectivity index (χ2v) is 3.72. The van der Waals surface area contributed by atoms with Crippen LogP contribution in [0.5, 0.6) is 11.5 Å². The molecule has 3 heteroatoms. The molecule has 1 heterocycles. The van der Waals surface area contributed by atoms with Crippen LogP contribution in [0.25, 0.3) is 6.08 Å². The molecule has 0 fully saturated rings. The monoisotopic (exact) mass is 243 g/mol. The van der Waals surface area contributed by atoms with Gasteiger partial charge in [0, 0.05) is 12.3 Å². The van der Waals surface area contributed by atoms with E-state index in [9.17, 15) is 5.11 Å². The van der Waals surface area contributed by atoms with Crippen molar-refractivity contribution >= 4 is 6.08 Å². The molecule has 3 nitrogen and oxygen atoms in total. The Hall–Kier alpha value is -1.48. The van der Waals surface area contributed by atoms with Gasteiger partial charge in [0.1, 0.15) is 0 Å². The Kier molecular flexibility index (Phi) is 1.30. The molecule has 1 aliphatic heterocycles. The topological polar surface area (TPSA) is 38.7 Å². The van der Waals surface area contributed by atoms with Crippen LogP contribution in [-0.4, -0.2) is 18.0 Å². The minimum atomic E-state index is -3.47. The van der Waals surface area contributed by atoms with Gasteiger partial charge in [-0.25, -0.2) is 0 Å². The van der Waals surface area contributed by atoms with Gasteiger partial charge in [-0.3, -0.25) is 0 Å². The Morgan fingerprint density at radius 3 is 2.88 bits per heavy atom. The van der Waals surface area contributed by atoms with E-state index in [0.29, 0.717) is 17.1 Å². The van der Waals surface area contributed by atoms with Crippen LogP contribution < -0.4 is 9.47 Å². The number of fused-ring (bicyclic) bond motifs is 1. The maximum Gasteiger partial charge on any atom is 0.231 e. The molecule has 92 valence electrons. The predicted octanol–water partition coefficient (Wildman–Crippen LogP) is 2.84. The Morgan fingerprint density at radius 2 is 2.12 bits per heavy atom. The molecule has 1 aliphatic rings. The van der Waals surface area contributed by atoms with E-state index in [0.717, 1.165) is 6.08 Å². The summed E-state index contributed by atoms with van der Waals surface area (Å²) in [5.74, 6) is 0.930. The van der Waals surface area contributed by atoms with Gasteiger partial charge < -0.3 is 14.6 Å². The lowest BCUT2D eigenvalue weighted by molar-refractivity contribution is 0.106. The molecule has 1 atom stereocenters. The minimum absolute atomic E-state index is 0.0470. The Morgan fingerprint density at radius 1 is 1.35 bits per heavy atom. The molecule has 17 heavy (non-hydrogen) atoms. The fraction of sp³-hybridized carbons (Fsp3) is 0.429. The Balaban J connectivity index is 2.46. The number of hydrogen-bond acceptors (Lipinski definition) is 3. The highest BCUT2D eigenvalue weighted by atomic mass is 16.7. The number of aliphatic hydroxyl groups is 1. The van der Waals surface area contributed by atoms with Crippen molar-refractivity contribution < 1.29 is 26.9 Å². The summed E-state index contributed by atoms with van der Waals surface area (Å²) in [4.78, 5) is 0. The lowest BCUT2D eigenvalue weighted by Crippen LogP contribution is -2.23. The maximum atomic E-state index is 10.4. The second kappa shape index (κ2) is 4.41. The van der Waals surface area contributed by atoms with Crippen molar-refractivity contribution in [2.75, 3.05) is 6.79 Å². The largest absolute Gasteiger partial charge is 0.454 e. The molecule has 0 bridgehead atoms. The van der Waals surface area contributed by atoms with Crippen LogP contribution in [0.15, 0.2) is 24.3 Å².